The first-order valence-corrected chi connectivity index (χ1v) is 11.1. The molecule has 0 radical (unpaired) electrons. The molecule has 2 amide bonds. The average molecular weight is 431 g/mol. The first-order chi connectivity index (χ1) is 14.3. The fraction of sp³-hybridized carbons (Fsp3) is 0.500. The minimum absolute atomic E-state index is 0.0130. The Kier molecular flexibility index (Phi) is 7.44. The molecule has 8 heteroatoms. The van der Waals surface area contributed by atoms with Crippen molar-refractivity contribution in [2.45, 2.75) is 27.2 Å². The number of aryl methyl sites for hydroxylation is 1. The summed E-state index contributed by atoms with van der Waals surface area (Å²) in [4.78, 5) is 34.0. The number of anilines is 2. The molecule has 1 fully saturated rings. The second kappa shape index (κ2) is 10.0. The number of thiazole rings is 1. The molecule has 2 aromatic rings. The van der Waals surface area contributed by atoms with E-state index >= 15 is 0 Å². The third kappa shape index (κ3) is 5.79. The number of morpholine rings is 1. The van der Waals surface area contributed by atoms with Crippen molar-refractivity contribution in [3.05, 3.63) is 39.8 Å². The topological polar surface area (TPSA) is 74.8 Å². The van der Waals surface area contributed by atoms with Crippen LogP contribution < -0.4 is 10.2 Å². The van der Waals surface area contributed by atoms with Gasteiger partial charge in [-0.05, 0) is 37.1 Å². The highest BCUT2D eigenvalue weighted by Gasteiger charge is 2.21. The van der Waals surface area contributed by atoms with Gasteiger partial charge in [0.2, 0.25) is 5.91 Å². The first-order valence-electron chi connectivity index (χ1n) is 10.3. The van der Waals surface area contributed by atoms with Crippen molar-refractivity contribution in [2.75, 3.05) is 50.1 Å². The van der Waals surface area contributed by atoms with Crippen LogP contribution in [0.2, 0.25) is 0 Å². The molecule has 162 valence electrons. The highest BCUT2D eigenvalue weighted by atomic mass is 32.1. The molecule has 3 rings (SSSR count). The van der Waals surface area contributed by atoms with E-state index in [0.29, 0.717) is 16.5 Å². The van der Waals surface area contributed by atoms with Crippen LogP contribution in [0.5, 0.6) is 0 Å². The molecule has 2 heterocycles. The normalized spacial score (nSPS) is 14.1. The summed E-state index contributed by atoms with van der Waals surface area (Å²) in [7, 11) is 1.64. The van der Waals surface area contributed by atoms with Crippen molar-refractivity contribution in [1.82, 2.24) is 9.88 Å². The van der Waals surface area contributed by atoms with Crippen molar-refractivity contribution in [2.24, 2.45) is 5.92 Å². The zero-order chi connectivity index (χ0) is 21.7. The minimum Gasteiger partial charge on any atom is -0.378 e. The largest absolute Gasteiger partial charge is 0.378 e. The second-order valence-corrected chi connectivity index (χ2v) is 9.06. The van der Waals surface area contributed by atoms with E-state index in [1.807, 2.05) is 31.2 Å². The Morgan fingerprint density at radius 1 is 1.23 bits per heavy atom. The zero-order valence-electron chi connectivity index (χ0n) is 18.1. The molecule has 0 spiro atoms. The number of ether oxygens (including phenoxy) is 1. The fourth-order valence-electron chi connectivity index (χ4n) is 3.33. The molecule has 0 unspecified atom stereocenters. The Morgan fingerprint density at radius 3 is 2.53 bits per heavy atom. The quantitative estimate of drug-likeness (QED) is 0.730. The Bertz CT molecular complexity index is 873. The van der Waals surface area contributed by atoms with Crippen LogP contribution in [-0.4, -0.2) is 61.6 Å². The molecule has 1 aliphatic heterocycles. The standard InChI is InChI=1S/C22H30N4O3S/c1-15(2)13-20-23-16(3)21(30-20)22(28)25(4)14-19(27)24-17-5-7-18(8-6-17)26-9-11-29-12-10-26/h5-8,15H,9-14H2,1-4H3,(H,24,27). The molecule has 0 aliphatic carbocycles. The number of nitrogens with zero attached hydrogens (tertiary/aromatic N) is 3. The summed E-state index contributed by atoms with van der Waals surface area (Å²) in [6, 6.07) is 7.76. The fourth-order valence-corrected chi connectivity index (χ4v) is 4.60. The molecule has 1 aromatic carbocycles. The summed E-state index contributed by atoms with van der Waals surface area (Å²) in [5.74, 6) is 0.0870. The van der Waals surface area contributed by atoms with Crippen LogP contribution in [0.3, 0.4) is 0 Å². The molecule has 30 heavy (non-hydrogen) atoms. The Balaban J connectivity index is 1.55. The van der Waals surface area contributed by atoms with Crippen molar-refractivity contribution in [3.63, 3.8) is 0 Å². The van der Waals surface area contributed by atoms with Gasteiger partial charge in [-0.2, -0.15) is 0 Å². The number of hydrogen-bond acceptors (Lipinski definition) is 6. The number of carbonyl (C=O) groups is 2. The highest BCUT2D eigenvalue weighted by molar-refractivity contribution is 7.13. The van der Waals surface area contributed by atoms with E-state index in [0.717, 1.165) is 49.1 Å². The van der Waals surface area contributed by atoms with E-state index < -0.39 is 0 Å². The van der Waals surface area contributed by atoms with E-state index in [1.165, 1.54) is 16.2 Å². The Morgan fingerprint density at radius 2 is 1.90 bits per heavy atom. The van der Waals surface area contributed by atoms with E-state index in [1.54, 1.807) is 7.05 Å². The molecule has 7 nitrogen and oxygen atoms in total. The van der Waals surface area contributed by atoms with Crippen LogP contribution in [0.4, 0.5) is 11.4 Å². The van der Waals surface area contributed by atoms with Gasteiger partial charge in [0.25, 0.3) is 5.91 Å². The number of aromatic nitrogens is 1. The number of carbonyl (C=O) groups excluding carboxylic acids is 2. The summed E-state index contributed by atoms with van der Waals surface area (Å²) in [5, 5.41) is 3.83. The summed E-state index contributed by atoms with van der Waals surface area (Å²) >= 11 is 1.42. The summed E-state index contributed by atoms with van der Waals surface area (Å²) < 4.78 is 5.38. The lowest BCUT2D eigenvalue weighted by Crippen LogP contribution is -2.36. The van der Waals surface area contributed by atoms with Gasteiger partial charge >= 0.3 is 0 Å². The molecule has 1 saturated heterocycles. The smallest absolute Gasteiger partial charge is 0.266 e. The number of benzene rings is 1. The third-order valence-corrected chi connectivity index (χ3v) is 6.04. The van der Waals surface area contributed by atoms with Gasteiger partial charge in [-0.15, -0.1) is 11.3 Å². The molecule has 0 saturated carbocycles. The van der Waals surface area contributed by atoms with Crippen molar-refractivity contribution in [3.8, 4) is 0 Å². The Labute approximate surface area is 182 Å². The predicted octanol–water partition coefficient (Wildman–Crippen LogP) is 3.20. The molecular weight excluding hydrogens is 400 g/mol. The van der Waals surface area contributed by atoms with Gasteiger partial charge in [-0.25, -0.2) is 4.98 Å². The van der Waals surface area contributed by atoms with Crippen molar-refractivity contribution >= 4 is 34.5 Å². The summed E-state index contributed by atoms with van der Waals surface area (Å²) in [6.07, 6.45) is 0.851. The lowest BCUT2D eigenvalue weighted by Gasteiger charge is -2.28. The zero-order valence-corrected chi connectivity index (χ0v) is 18.9. The van der Waals surface area contributed by atoms with Crippen LogP contribution >= 0.6 is 11.3 Å². The van der Waals surface area contributed by atoms with E-state index in [2.05, 4.69) is 29.0 Å². The number of amides is 2. The predicted molar refractivity (Wildman–Crippen MR) is 120 cm³/mol. The molecular formula is C22H30N4O3S. The van der Waals surface area contributed by atoms with Crippen LogP contribution in [-0.2, 0) is 16.0 Å². The van der Waals surface area contributed by atoms with Gasteiger partial charge in [0.15, 0.2) is 0 Å². The maximum absolute atomic E-state index is 12.8. The lowest BCUT2D eigenvalue weighted by atomic mass is 10.1. The van der Waals surface area contributed by atoms with Gasteiger partial charge in [0.1, 0.15) is 4.88 Å². The molecule has 0 bridgehead atoms. The van der Waals surface area contributed by atoms with Crippen LogP contribution in [0.15, 0.2) is 24.3 Å². The van der Waals surface area contributed by atoms with Gasteiger partial charge in [0.05, 0.1) is 30.5 Å². The maximum Gasteiger partial charge on any atom is 0.266 e. The summed E-state index contributed by atoms with van der Waals surface area (Å²) in [5.41, 5.74) is 2.55. The molecule has 1 aliphatic rings. The van der Waals surface area contributed by atoms with E-state index in [4.69, 9.17) is 4.74 Å². The van der Waals surface area contributed by atoms with Crippen LogP contribution in [0, 0.1) is 12.8 Å². The Hall–Kier alpha value is -2.45. The number of hydrogen-bond donors (Lipinski definition) is 1. The van der Waals surface area contributed by atoms with E-state index in [9.17, 15) is 9.59 Å². The van der Waals surface area contributed by atoms with Gasteiger partial charge in [-0.1, -0.05) is 13.8 Å². The van der Waals surface area contributed by atoms with E-state index in [-0.39, 0.29) is 18.4 Å². The number of likely N-dealkylation sites (N-methyl/N-ethyl adjacent to an activating group) is 1. The van der Waals surface area contributed by atoms with Gasteiger partial charge in [0, 0.05) is 37.9 Å². The third-order valence-electron chi connectivity index (χ3n) is 4.87. The van der Waals surface area contributed by atoms with Crippen LogP contribution in [0.1, 0.15) is 34.2 Å². The van der Waals surface area contributed by atoms with Crippen molar-refractivity contribution in [1.29, 1.82) is 0 Å². The molecule has 1 aromatic heterocycles. The van der Waals surface area contributed by atoms with Gasteiger partial charge < -0.3 is 19.9 Å². The SMILES string of the molecule is Cc1nc(CC(C)C)sc1C(=O)N(C)CC(=O)Nc1ccc(N2CCOCC2)cc1. The second-order valence-electron chi connectivity index (χ2n) is 7.98. The number of nitrogens with one attached hydrogen (secondary N) is 1. The monoisotopic (exact) mass is 430 g/mol. The maximum atomic E-state index is 12.8. The average Bonchev–Trinajstić information content (AvgIpc) is 3.07. The first kappa shape index (κ1) is 22.2. The molecule has 1 N–H and O–H groups in total. The highest BCUT2D eigenvalue weighted by Crippen LogP contribution is 2.22. The van der Waals surface area contributed by atoms with Crippen molar-refractivity contribution < 1.29 is 14.3 Å². The molecule has 0 atom stereocenters. The van der Waals surface area contributed by atoms with Gasteiger partial charge in [-0.3, -0.25) is 9.59 Å². The summed E-state index contributed by atoms with van der Waals surface area (Å²) in [6.45, 7) is 9.29. The lowest BCUT2D eigenvalue weighted by molar-refractivity contribution is -0.116. The number of rotatable bonds is 7. The van der Waals surface area contributed by atoms with Crippen LogP contribution in [0.25, 0.3) is 0 Å². The minimum atomic E-state index is -0.227.